The molecule has 7 nitrogen and oxygen atoms in total. The molecule has 3 aromatic rings. The average molecular weight is 391 g/mol. The van der Waals surface area contributed by atoms with Gasteiger partial charge in [-0.15, -0.1) is 0 Å². The second-order valence-electron chi connectivity index (χ2n) is 7.76. The molecular weight excluding hydrogens is 366 g/mol. The van der Waals surface area contributed by atoms with Gasteiger partial charge in [0, 0.05) is 31.2 Å². The maximum Gasteiger partial charge on any atom is 0.335 e. The van der Waals surface area contributed by atoms with Crippen molar-refractivity contribution < 1.29 is 9.90 Å². The van der Waals surface area contributed by atoms with E-state index in [4.69, 9.17) is 10.1 Å². The average Bonchev–Trinajstić information content (AvgIpc) is 3.15. The van der Waals surface area contributed by atoms with Gasteiger partial charge in [0.1, 0.15) is 5.69 Å². The minimum atomic E-state index is -0.886. The van der Waals surface area contributed by atoms with Gasteiger partial charge in [-0.1, -0.05) is 12.1 Å². The number of carboxylic acids is 1. The number of H-pyrrole nitrogens is 1. The molecule has 4 rings (SSSR count). The Hall–Kier alpha value is -3.06. The molecule has 1 fully saturated rings. The number of likely N-dealkylation sites (tertiary alicyclic amines) is 1. The number of rotatable bonds is 6. The van der Waals surface area contributed by atoms with Gasteiger partial charge < -0.3 is 10.1 Å². The molecule has 1 atom stereocenters. The van der Waals surface area contributed by atoms with Crippen molar-refractivity contribution in [2.45, 2.75) is 32.7 Å². The van der Waals surface area contributed by atoms with Crippen LogP contribution in [0.15, 0.2) is 42.9 Å². The third kappa shape index (κ3) is 4.86. The molecule has 0 spiro atoms. The third-order valence-electron chi connectivity index (χ3n) is 5.34. The Labute approximate surface area is 169 Å². The molecule has 7 heteroatoms. The quantitative estimate of drug-likeness (QED) is 0.669. The number of aromatic nitrogens is 4. The molecule has 1 saturated heterocycles. The molecule has 0 radical (unpaired) electrons. The zero-order valence-electron chi connectivity index (χ0n) is 16.5. The maximum atomic E-state index is 11.0. The number of imidazole rings is 1. The van der Waals surface area contributed by atoms with Crippen molar-refractivity contribution >= 4 is 5.97 Å². The molecule has 1 aliphatic rings. The number of aromatic amines is 1. The molecule has 29 heavy (non-hydrogen) atoms. The van der Waals surface area contributed by atoms with Crippen LogP contribution < -0.4 is 0 Å². The molecule has 1 aliphatic heterocycles. The normalized spacial score (nSPS) is 17.3. The number of hydrogen-bond donors (Lipinski definition) is 2. The van der Waals surface area contributed by atoms with Gasteiger partial charge in [0.25, 0.3) is 0 Å². The van der Waals surface area contributed by atoms with Crippen molar-refractivity contribution in [2.24, 2.45) is 5.92 Å². The van der Waals surface area contributed by atoms with E-state index in [2.05, 4.69) is 19.9 Å². The van der Waals surface area contributed by atoms with Crippen LogP contribution >= 0.6 is 0 Å². The van der Waals surface area contributed by atoms with Crippen molar-refractivity contribution in [1.29, 1.82) is 0 Å². The summed E-state index contributed by atoms with van der Waals surface area (Å²) in [7, 11) is 0. The van der Waals surface area contributed by atoms with Gasteiger partial charge in [-0.25, -0.2) is 14.8 Å². The lowest BCUT2D eigenvalue weighted by atomic mass is 9.93. The number of aromatic carboxylic acids is 1. The second kappa shape index (κ2) is 8.53. The Bertz CT molecular complexity index is 983. The Morgan fingerprint density at radius 2 is 2.07 bits per heavy atom. The van der Waals surface area contributed by atoms with Gasteiger partial charge in [-0.2, -0.15) is 0 Å². The van der Waals surface area contributed by atoms with E-state index in [0.29, 0.717) is 11.5 Å². The molecule has 3 heterocycles. The van der Waals surface area contributed by atoms with Crippen LogP contribution in [-0.2, 0) is 13.0 Å². The van der Waals surface area contributed by atoms with Crippen LogP contribution in [0.3, 0.4) is 0 Å². The molecule has 150 valence electrons. The summed E-state index contributed by atoms with van der Waals surface area (Å²) < 4.78 is 0. The minimum Gasteiger partial charge on any atom is -0.478 e. The van der Waals surface area contributed by atoms with E-state index < -0.39 is 5.97 Å². The number of nitrogens with zero attached hydrogens (tertiary/aromatic N) is 4. The summed E-state index contributed by atoms with van der Waals surface area (Å²) in [6, 6.07) is 7.17. The summed E-state index contributed by atoms with van der Waals surface area (Å²) in [5, 5.41) is 9.04. The van der Waals surface area contributed by atoms with Crippen LogP contribution in [0, 0.1) is 12.8 Å². The Morgan fingerprint density at radius 1 is 1.24 bits per heavy atom. The summed E-state index contributed by atoms with van der Waals surface area (Å²) in [6.45, 7) is 4.88. The van der Waals surface area contributed by atoms with E-state index in [1.807, 2.05) is 25.3 Å². The van der Waals surface area contributed by atoms with Crippen LogP contribution in [0.5, 0.6) is 0 Å². The van der Waals surface area contributed by atoms with E-state index in [0.717, 1.165) is 60.9 Å². The van der Waals surface area contributed by atoms with E-state index in [1.165, 1.54) is 6.42 Å². The smallest absolute Gasteiger partial charge is 0.335 e. The fourth-order valence-corrected chi connectivity index (χ4v) is 3.93. The first-order valence-electron chi connectivity index (χ1n) is 9.94. The Balaban J connectivity index is 1.38. The summed E-state index contributed by atoms with van der Waals surface area (Å²) in [5.74, 6) is 0.402. The topological polar surface area (TPSA) is 95.0 Å². The number of carbonyl (C=O) groups is 1. The molecule has 2 N–H and O–H groups in total. The van der Waals surface area contributed by atoms with E-state index in [1.54, 1.807) is 24.5 Å². The van der Waals surface area contributed by atoms with Crippen molar-refractivity contribution in [2.75, 3.05) is 13.1 Å². The lowest BCUT2D eigenvalue weighted by Gasteiger charge is -2.32. The van der Waals surface area contributed by atoms with Crippen LogP contribution in [0.1, 0.15) is 40.2 Å². The third-order valence-corrected chi connectivity index (χ3v) is 5.34. The SMILES string of the molecule is Cc1cnc(-c2cncc(C[C@@H]3CCCN(Cc4ccc(C(=O)O)cc4)C3)n2)[nH]1. The number of carboxylic acid groups (broad SMARTS) is 1. The van der Waals surface area contributed by atoms with Crippen molar-refractivity contribution in [1.82, 2.24) is 24.8 Å². The zero-order chi connectivity index (χ0) is 20.2. The second-order valence-corrected chi connectivity index (χ2v) is 7.76. The standard InChI is InChI=1S/C22H25N5O2/c1-15-10-24-21(25-15)20-12-23-11-19(26-20)9-17-3-2-8-27(14-17)13-16-4-6-18(7-5-16)22(28)29/h4-7,10-12,17H,2-3,8-9,13-14H2,1H3,(H,24,25)(H,28,29)/t17-/m0/s1. The molecule has 0 aliphatic carbocycles. The Kier molecular flexibility index (Phi) is 5.67. The summed E-state index contributed by atoms with van der Waals surface area (Å²) in [4.78, 5) is 30.1. The van der Waals surface area contributed by atoms with Crippen LogP contribution in [0.25, 0.3) is 11.5 Å². The van der Waals surface area contributed by atoms with Crippen molar-refractivity contribution in [3.63, 3.8) is 0 Å². The van der Waals surface area contributed by atoms with Gasteiger partial charge in [0.15, 0.2) is 5.82 Å². The predicted octanol–water partition coefficient (Wildman–Crippen LogP) is 3.33. The first-order valence-corrected chi connectivity index (χ1v) is 9.94. The number of aryl methyl sites for hydroxylation is 1. The monoisotopic (exact) mass is 391 g/mol. The van der Waals surface area contributed by atoms with Gasteiger partial charge >= 0.3 is 5.97 Å². The lowest BCUT2D eigenvalue weighted by molar-refractivity contribution is 0.0697. The molecule has 1 aromatic carbocycles. The molecule has 0 unspecified atom stereocenters. The van der Waals surface area contributed by atoms with Gasteiger partial charge in [0.05, 0.1) is 17.5 Å². The lowest BCUT2D eigenvalue weighted by Crippen LogP contribution is -2.35. The van der Waals surface area contributed by atoms with Gasteiger partial charge in [-0.3, -0.25) is 9.88 Å². The van der Waals surface area contributed by atoms with E-state index in [-0.39, 0.29) is 0 Å². The van der Waals surface area contributed by atoms with Crippen LogP contribution in [-0.4, -0.2) is 49.0 Å². The molecule has 0 amide bonds. The highest BCUT2D eigenvalue weighted by Gasteiger charge is 2.21. The fourth-order valence-electron chi connectivity index (χ4n) is 3.93. The molecule has 2 aromatic heterocycles. The highest BCUT2D eigenvalue weighted by molar-refractivity contribution is 5.87. The maximum absolute atomic E-state index is 11.0. The largest absolute Gasteiger partial charge is 0.478 e. The van der Waals surface area contributed by atoms with Gasteiger partial charge in [-0.05, 0) is 56.3 Å². The fraction of sp³-hybridized carbons (Fsp3) is 0.364. The number of nitrogens with one attached hydrogen (secondary N) is 1. The zero-order valence-corrected chi connectivity index (χ0v) is 16.5. The first-order chi connectivity index (χ1) is 14.1. The van der Waals surface area contributed by atoms with E-state index in [9.17, 15) is 4.79 Å². The summed E-state index contributed by atoms with van der Waals surface area (Å²) in [6.07, 6.45) is 8.63. The first kappa shape index (κ1) is 19.3. The van der Waals surface area contributed by atoms with Crippen molar-refractivity contribution in [3.8, 4) is 11.5 Å². The molecule has 0 bridgehead atoms. The molecular formula is C22H25N5O2. The van der Waals surface area contributed by atoms with Gasteiger partial charge in [0.2, 0.25) is 0 Å². The van der Waals surface area contributed by atoms with Crippen molar-refractivity contribution in [3.05, 3.63) is 65.4 Å². The summed E-state index contributed by atoms with van der Waals surface area (Å²) in [5.41, 5.74) is 4.25. The predicted molar refractivity (Wildman–Crippen MR) is 109 cm³/mol. The molecule has 0 saturated carbocycles. The minimum absolute atomic E-state index is 0.329. The van der Waals surface area contributed by atoms with E-state index >= 15 is 0 Å². The highest BCUT2D eigenvalue weighted by atomic mass is 16.4. The number of hydrogen-bond acceptors (Lipinski definition) is 5. The number of piperidine rings is 1. The van der Waals surface area contributed by atoms with Crippen LogP contribution in [0.2, 0.25) is 0 Å². The number of benzene rings is 1. The summed E-state index contributed by atoms with van der Waals surface area (Å²) >= 11 is 0. The highest BCUT2D eigenvalue weighted by Crippen LogP contribution is 2.22. The Morgan fingerprint density at radius 3 is 2.79 bits per heavy atom. The van der Waals surface area contributed by atoms with Crippen LogP contribution in [0.4, 0.5) is 0 Å².